The van der Waals surface area contributed by atoms with Crippen molar-refractivity contribution in [2.75, 3.05) is 13.2 Å². The van der Waals surface area contributed by atoms with Crippen LogP contribution in [0, 0.1) is 5.92 Å². The third kappa shape index (κ3) is 10.0. The zero-order chi connectivity index (χ0) is 16.1. The van der Waals surface area contributed by atoms with Crippen LogP contribution in [0.4, 0.5) is 0 Å². The van der Waals surface area contributed by atoms with Crippen molar-refractivity contribution in [1.29, 1.82) is 0 Å². The van der Waals surface area contributed by atoms with Gasteiger partial charge in [-0.3, -0.25) is 9.59 Å². The number of esters is 1. The van der Waals surface area contributed by atoms with Crippen LogP contribution in [-0.4, -0.2) is 46.6 Å². The lowest BCUT2D eigenvalue weighted by molar-refractivity contribution is -0.158. The van der Waals surface area contributed by atoms with Gasteiger partial charge in [0.25, 0.3) is 0 Å². The first-order valence-corrected chi connectivity index (χ1v) is 7.34. The summed E-state index contributed by atoms with van der Waals surface area (Å²) in [5.41, 5.74) is 0. The molecule has 1 unspecified atom stereocenters. The van der Waals surface area contributed by atoms with Crippen molar-refractivity contribution in [3.63, 3.8) is 0 Å². The van der Waals surface area contributed by atoms with Crippen molar-refractivity contribution >= 4 is 11.9 Å². The minimum Gasteiger partial charge on any atom is -0.481 e. The van der Waals surface area contributed by atoms with Gasteiger partial charge in [0, 0.05) is 0 Å². The van der Waals surface area contributed by atoms with Gasteiger partial charge in [-0.15, -0.1) is 0 Å². The molecule has 0 aliphatic carbocycles. The summed E-state index contributed by atoms with van der Waals surface area (Å²) in [6.45, 7) is 1.14. The van der Waals surface area contributed by atoms with Gasteiger partial charge >= 0.3 is 11.9 Å². The lowest BCUT2D eigenvalue weighted by atomic mass is 10.0. The molecule has 1 atom stereocenters. The van der Waals surface area contributed by atoms with E-state index in [1.165, 1.54) is 0 Å². The zero-order valence-electron chi connectivity index (χ0n) is 12.5. The first kappa shape index (κ1) is 19.6. The molecule has 6 nitrogen and oxygen atoms in total. The molecule has 0 amide bonds. The van der Waals surface area contributed by atoms with Gasteiger partial charge in [0.05, 0.1) is 25.6 Å². The second-order valence-corrected chi connectivity index (χ2v) is 4.92. The summed E-state index contributed by atoms with van der Waals surface area (Å²) < 4.78 is 4.76. The van der Waals surface area contributed by atoms with Gasteiger partial charge in [-0.1, -0.05) is 31.9 Å². The SMILES string of the molecule is CCCCC/C=C/CC(CC(=O)OC(CO)CO)C(=O)O. The molecule has 21 heavy (non-hydrogen) atoms. The fourth-order valence-electron chi connectivity index (χ4n) is 1.73. The summed E-state index contributed by atoms with van der Waals surface area (Å²) in [6.07, 6.45) is 6.96. The number of carbonyl (C=O) groups excluding carboxylic acids is 1. The molecule has 0 aliphatic rings. The molecule has 0 aromatic rings. The molecule has 0 heterocycles. The number of aliphatic hydroxyl groups excluding tert-OH is 2. The van der Waals surface area contributed by atoms with Crippen LogP contribution in [0.3, 0.4) is 0 Å². The van der Waals surface area contributed by atoms with Gasteiger partial charge in [-0.2, -0.15) is 0 Å². The normalized spacial score (nSPS) is 12.8. The molecule has 0 radical (unpaired) electrons. The Bertz CT molecular complexity index is 322. The Morgan fingerprint density at radius 2 is 1.81 bits per heavy atom. The van der Waals surface area contributed by atoms with Crippen LogP contribution in [0.2, 0.25) is 0 Å². The number of carbonyl (C=O) groups is 2. The third-order valence-corrected chi connectivity index (χ3v) is 3.03. The van der Waals surface area contributed by atoms with Crippen LogP contribution in [0.5, 0.6) is 0 Å². The van der Waals surface area contributed by atoms with E-state index in [-0.39, 0.29) is 12.8 Å². The average Bonchev–Trinajstić information content (AvgIpc) is 2.46. The molecule has 0 saturated carbocycles. The van der Waals surface area contributed by atoms with Crippen LogP contribution < -0.4 is 0 Å². The van der Waals surface area contributed by atoms with Crippen molar-refractivity contribution in [3.05, 3.63) is 12.2 Å². The summed E-state index contributed by atoms with van der Waals surface area (Å²) >= 11 is 0. The molecule has 0 fully saturated rings. The molecule has 122 valence electrons. The number of hydrogen-bond acceptors (Lipinski definition) is 5. The second-order valence-electron chi connectivity index (χ2n) is 4.92. The Morgan fingerprint density at radius 1 is 1.14 bits per heavy atom. The smallest absolute Gasteiger partial charge is 0.307 e. The molecule has 0 saturated heterocycles. The van der Waals surface area contributed by atoms with Crippen molar-refractivity contribution in [1.82, 2.24) is 0 Å². The molecule has 0 spiro atoms. The molecule has 0 bridgehead atoms. The topological polar surface area (TPSA) is 104 Å². The second kappa shape index (κ2) is 12.3. The number of allylic oxidation sites excluding steroid dienone is 2. The molecule has 3 N–H and O–H groups in total. The lowest BCUT2D eigenvalue weighted by Crippen LogP contribution is -2.28. The predicted octanol–water partition coefficient (Wildman–Crippen LogP) is 1.50. The van der Waals surface area contributed by atoms with Crippen molar-refractivity contribution in [2.45, 2.75) is 51.6 Å². The molecular weight excluding hydrogens is 276 g/mol. The highest BCUT2D eigenvalue weighted by Crippen LogP contribution is 2.13. The summed E-state index contributed by atoms with van der Waals surface area (Å²) in [5.74, 6) is -2.64. The van der Waals surface area contributed by atoms with Gasteiger partial charge in [0.2, 0.25) is 0 Å². The number of ether oxygens (including phenoxy) is 1. The van der Waals surface area contributed by atoms with E-state index in [0.717, 1.165) is 25.7 Å². The van der Waals surface area contributed by atoms with Crippen LogP contribution >= 0.6 is 0 Å². The minimum atomic E-state index is -1.06. The molecular formula is C15H26O6. The maximum absolute atomic E-state index is 11.5. The Labute approximate surface area is 125 Å². The summed E-state index contributed by atoms with van der Waals surface area (Å²) in [5, 5.41) is 26.7. The van der Waals surface area contributed by atoms with E-state index in [4.69, 9.17) is 20.1 Å². The van der Waals surface area contributed by atoms with Gasteiger partial charge < -0.3 is 20.1 Å². The maximum atomic E-state index is 11.5. The van der Waals surface area contributed by atoms with Crippen LogP contribution in [0.1, 0.15) is 45.4 Å². The fraction of sp³-hybridized carbons (Fsp3) is 0.733. The van der Waals surface area contributed by atoms with E-state index >= 15 is 0 Å². The highest BCUT2D eigenvalue weighted by molar-refractivity contribution is 5.79. The third-order valence-electron chi connectivity index (χ3n) is 3.03. The van der Waals surface area contributed by atoms with Crippen LogP contribution in [0.25, 0.3) is 0 Å². The van der Waals surface area contributed by atoms with Crippen LogP contribution in [0.15, 0.2) is 12.2 Å². The van der Waals surface area contributed by atoms with E-state index in [1.54, 1.807) is 6.08 Å². The number of hydrogen-bond donors (Lipinski definition) is 3. The first-order valence-electron chi connectivity index (χ1n) is 7.34. The molecule has 0 aromatic carbocycles. The van der Waals surface area contributed by atoms with E-state index in [1.807, 2.05) is 6.08 Å². The summed E-state index contributed by atoms with van der Waals surface area (Å²) in [4.78, 5) is 22.6. The Hall–Kier alpha value is -1.40. The highest BCUT2D eigenvalue weighted by Gasteiger charge is 2.22. The first-order chi connectivity index (χ1) is 10.0. The number of aliphatic hydroxyl groups is 2. The molecule has 6 heteroatoms. The van der Waals surface area contributed by atoms with Gasteiger partial charge in [-0.25, -0.2) is 0 Å². The van der Waals surface area contributed by atoms with Gasteiger partial charge in [0.1, 0.15) is 6.10 Å². The van der Waals surface area contributed by atoms with Gasteiger partial charge in [0.15, 0.2) is 0 Å². The van der Waals surface area contributed by atoms with E-state index in [0.29, 0.717) is 0 Å². The fourth-order valence-corrected chi connectivity index (χ4v) is 1.73. The lowest BCUT2D eigenvalue weighted by Gasteiger charge is -2.14. The van der Waals surface area contributed by atoms with E-state index in [9.17, 15) is 9.59 Å². The molecule has 0 rings (SSSR count). The number of unbranched alkanes of at least 4 members (excludes halogenated alkanes) is 3. The Kier molecular flexibility index (Phi) is 11.5. The Morgan fingerprint density at radius 3 is 2.33 bits per heavy atom. The zero-order valence-corrected chi connectivity index (χ0v) is 12.5. The Balaban J connectivity index is 4.18. The predicted molar refractivity (Wildman–Crippen MR) is 77.7 cm³/mol. The summed E-state index contributed by atoms with van der Waals surface area (Å²) in [7, 11) is 0. The average molecular weight is 302 g/mol. The quantitative estimate of drug-likeness (QED) is 0.287. The van der Waals surface area contributed by atoms with Gasteiger partial charge in [-0.05, 0) is 19.3 Å². The maximum Gasteiger partial charge on any atom is 0.307 e. The number of carboxylic acids is 1. The standard InChI is InChI=1S/C15H26O6/c1-2-3-4-5-6-7-8-12(15(19)20)9-14(18)21-13(10-16)11-17/h6-7,12-13,16-17H,2-5,8-11H2,1H3,(H,19,20)/b7-6+. The highest BCUT2D eigenvalue weighted by atomic mass is 16.6. The van der Waals surface area contributed by atoms with E-state index < -0.39 is 37.2 Å². The number of rotatable bonds is 12. The van der Waals surface area contributed by atoms with Crippen LogP contribution in [-0.2, 0) is 14.3 Å². The molecule has 0 aromatic heterocycles. The van der Waals surface area contributed by atoms with Crippen molar-refractivity contribution in [2.24, 2.45) is 5.92 Å². The largest absolute Gasteiger partial charge is 0.481 e. The van der Waals surface area contributed by atoms with Crippen molar-refractivity contribution in [3.8, 4) is 0 Å². The van der Waals surface area contributed by atoms with Crippen molar-refractivity contribution < 1.29 is 29.6 Å². The van der Waals surface area contributed by atoms with E-state index in [2.05, 4.69) is 6.92 Å². The minimum absolute atomic E-state index is 0.263. The molecule has 0 aliphatic heterocycles. The number of aliphatic carboxylic acids is 1. The number of carboxylic acid groups (broad SMARTS) is 1. The monoisotopic (exact) mass is 302 g/mol. The summed E-state index contributed by atoms with van der Waals surface area (Å²) in [6, 6.07) is 0.